The molecule has 4 aromatic rings. The van der Waals surface area contributed by atoms with E-state index in [4.69, 9.17) is 4.74 Å². The maximum absolute atomic E-state index is 12.6. The molecule has 5 rings (SSSR count). The van der Waals surface area contributed by atoms with Crippen LogP contribution in [0.2, 0.25) is 0 Å². The number of hydrogen-bond donors (Lipinski definition) is 2. The largest absolute Gasteiger partial charge is 0.482 e. The number of carbonyl (C=O) groups excluding carboxylic acids is 2. The number of thiophene rings is 1. The Morgan fingerprint density at radius 2 is 2.07 bits per heavy atom. The van der Waals surface area contributed by atoms with Gasteiger partial charge in [0.15, 0.2) is 11.7 Å². The Kier molecular flexibility index (Phi) is 4.07. The predicted molar refractivity (Wildman–Crippen MR) is 111 cm³/mol. The molecule has 0 fully saturated rings. The number of thiazole rings is 1. The molecule has 8 heteroatoms. The van der Waals surface area contributed by atoms with Crippen LogP contribution in [0.3, 0.4) is 0 Å². The number of carbonyl (C=O) groups is 2. The van der Waals surface area contributed by atoms with Crippen molar-refractivity contribution in [3.63, 3.8) is 0 Å². The van der Waals surface area contributed by atoms with Crippen molar-refractivity contribution in [2.45, 2.75) is 0 Å². The van der Waals surface area contributed by atoms with Gasteiger partial charge in [-0.2, -0.15) is 0 Å². The van der Waals surface area contributed by atoms with Gasteiger partial charge in [-0.1, -0.05) is 18.2 Å². The highest BCUT2D eigenvalue weighted by molar-refractivity contribution is 7.21. The Bertz CT molecular complexity index is 1200. The normalized spacial score (nSPS) is 12.9. The Hall–Kier alpha value is -3.23. The summed E-state index contributed by atoms with van der Waals surface area (Å²) in [7, 11) is 0. The molecule has 3 heterocycles. The van der Waals surface area contributed by atoms with Crippen molar-refractivity contribution in [2.24, 2.45) is 0 Å². The topological polar surface area (TPSA) is 80.3 Å². The van der Waals surface area contributed by atoms with Gasteiger partial charge in [0.2, 0.25) is 0 Å². The lowest BCUT2D eigenvalue weighted by Crippen LogP contribution is -2.25. The number of fused-ring (bicyclic) bond motifs is 2. The number of rotatable bonds is 3. The number of aromatic nitrogens is 1. The van der Waals surface area contributed by atoms with Crippen LogP contribution in [0.1, 0.15) is 9.67 Å². The first-order chi connectivity index (χ1) is 13.7. The molecule has 0 saturated heterocycles. The number of benzene rings is 2. The standard InChI is InChI=1S/C20H13N3O3S2/c24-18-9-26-15-6-5-11(7-13(15)21-18)14-10-27-20(22-14)23-19(25)17-8-12-3-1-2-4-16(12)28-17/h1-8,10H,9H2,(H,21,24)(H,22,23,25). The molecule has 0 saturated carbocycles. The van der Waals surface area contributed by atoms with Crippen molar-refractivity contribution < 1.29 is 14.3 Å². The first-order valence-corrected chi connectivity index (χ1v) is 10.2. The summed E-state index contributed by atoms with van der Waals surface area (Å²) in [5, 5.41) is 9.09. The van der Waals surface area contributed by atoms with Gasteiger partial charge < -0.3 is 10.1 Å². The van der Waals surface area contributed by atoms with Crippen molar-refractivity contribution in [1.29, 1.82) is 0 Å². The number of amides is 2. The zero-order valence-electron chi connectivity index (χ0n) is 14.4. The third-order valence-electron chi connectivity index (χ3n) is 4.28. The van der Waals surface area contributed by atoms with Crippen LogP contribution in [0.15, 0.2) is 53.9 Å². The molecule has 138 valence electrons. The minimum absolute atomic E-state index is 0.0248. The molecule has 0 spiro atoms. The molecule has 6 nitrogen and oxygen atoms in total. The third kappa shape index (κ3) is 3.12. The SMILES string of the molecule is O=C1COc2ccc(-c3csc(NC(=O)c4cc5ccccc5s4)n3)cc2N1. The fourth-order valence-corrected chi connectivity index (χ4v) is 4.63. The number of nitrogens with one attached hydrogen (secondary N) is 2. The molecule has 0 aliphatic carbocycles. The first kappa shape index (κ1) is 16.9. The van der Waals surface area contributed by atoms with Crippen molar-refractivity contribution >= 4 is 55.4 Å². The molecule has 0 bridgehead atoms. The summed E-state index contributed by atoms with van der Waals surface area (Å²) in [5.74, 6) is 0.282. The number of ether oxygens (including phenoxy) is 1. The Labute approximate surface area is 167 Å². The number of anilines is 2. The zero-order chi connectivity index (χ0) is 19.1. The quantitative estimate of drug-likeness (QED) is 0.520. The molecule has 0 atom stereocenters. The molecule has 2 N–H and O–H groups in total. The summed E-state index contributed by atoms with van der Waals surface area (Å²) >= 11 is 2.81. The first-order valence-electron chi connectivity index (χ1n) is 8.48. The van der Waals surface area contributed by atoms with E-state index in [2.05, 4.69) is 15.6 Å². The second kappa shape index (κ2) is 6.74. The summed E-state index contributed by atoms with van der Waals surface area (Å²) < 4.78 is 6.45. The average Bonchev–Trinajstić information content (AvgIpc) is 3.34. The second-order valence-corrected chi connectivity index (χ2v) is 8.13. The fourth-order valence-electron chi connectivity index (χ4n) is 2.96. The lowest BCUT2D eigenvalue weighted by Gasteiger charge is -2.18. The van der Waals surface area contributed by atoms with Crippen LogP contribution in [0.4, 0.5) is 10.8 Å². The molecule has 1 aliphatic rings. The Morgan fingerprint density at radius 3 is 2.96 bits per heavy atom. The molecule has 0 unspecified atom stereocenters. The van der Waals surface area contributed by atoms with E-state index in [1.807, 2.05) is 47.8 Å². The van der Waals surface area contributed by atoms with Crippen LogP contribution in [-0.4, -0.2) is 23.4 Å². The average molecular weight is 407 g/mol. The van der Waals surface area contributed by atoms with Crippen LogP contribution in [0.5, 0.6) is 5.75 Å². The zero-order valence-corrected chi connectivity index (χ0v) is 16.0. The highest BCUT2D eigenvalue weighted by atomic mass is 32.1. The fraction of sp³-hybridized carbons (Fsp3) is 0.0500. The van der Waals surface area contributed by atoms with Crippen LogP contribution in [0, 0.1) is 0 Å². The van der Waals surface area contributed by atoms with E-state index in [0.29, 0.717) is 21.4 Å². The summed E-state index contributed by atoms with van der Waals surface area (Å²) in [6.45, 7) is 0.0248. The van der Waals surface area contributed by atoms with E-state index in [1.54, 1.807) is 6.07 Å². The minimum Gasteiger partial charge on any atom is -0.482 e. The summed E-state index contributed by atoms with van der Waals surface area (Å²) in [4.78, 5) is 29.2. The monoisotopic (exact) mass is 407 g/mol. The Morgan fingerprint density at radius 1 is 1.18 bits per heavy atom. The maximum atomic E-state index is 12.6. The molecule has 28 heavy (non-hydrogen) atoms. The molecular weight excluding hydrogens is 394 g/mol. The van der Waals surface area contributed by atoms with Crippen molar-refractivity contribution in [1.82, 2.24) is 4.98 Å². The summed E-state index contributed by atoms with van der Waals surface area (Å²) in [6, 6.07) is 15.3. The molecule has 2 aromatic heterocycles. The lowest BCUT2D eigenvalue weighted by atomic mass is 10.1. The van der Waals surface area contributed by atoms with E-state index in [0.717, 1.165) is 21.3 Å². The molecule has 0 radical (unpaired) electrons. The third-order valence-corrected chi connectivity index (χ3v) is 6.15. The van der Waals surface area contributed by atoms with Gasteiger partial charge in [0.05, 0.1) is 16.3 Å². The van der Waals surface area contributed by atoms with Crippen molar-refractivity contribution in [2.75, 3.05) is 17.2 Å². The second-order valence-electron chi connectivity index (χ2n) is 6.19. The molecular formula is C20H13N3O3S2. The van der Waals surface area contributed by atoms with E-state index >= 15 is 0 Å². The highest BCUT2D eigenvalue weighted by Gasteiger charge is 2.18. The van der Waals surface area contributed by atoms with Gasteiger partial charge >= 0.3 is 0 Å². The summed E-state index contributed by atoms with van der Waals surface area (Å²) in [6.07, 6.45) is 0. The van der Waals surface area contributed by atoms with E-state index in [9.17, 15) is 9.59 Å². The smallest absolute Gasteiger partial charge is 0.267 e. The van der Waals surface area contributed by atoms with Gasteiger partial charge in [-0.15, -0.1) is 22.7 Å². The van der Waals surface area contributed by atoms with Gasteiger partial charge in [0.1, 0.15) is 5.75 Å². The number of hydrogen-bond acceptors (Lipinski definition) is 6. The van der Waals surface area contributed by atoms with Crippen LogP contribution < -0.4 is 15.4 Å². The molecule has 2 aromatic carbocycles. The highest BCUT2D eigenvalue weighted by Crippen LogP contribution is 2.34. The Balaban J connectivity index is 1.37. The van der Waals surface area contributed by atoms with Crippen molar-refractivity contribution in [3.8, 4) is 17.0 Å². The van der Waals surface area contributed by atoms with Crippen molar-refractivity contribution in [3.05, 3.63) is 58.8 Å². The van der Waals surface area contributed by atoms with Gasteiger partial charge in [-0.25, -0.2) is 4.98 Å². The van der Waals surface area contributed by atoms with E-state index in [-0.39, 0.29) is 18.4 Å². The summed E-state index contributed by atoms with van der Waals surface area (Å²) in [5.41, 5.74) is 2.18. The van der Waals surface area contributed by atoms with E-state index < -0.39 is 0 Å². The van der Waals surface area contributed by atoms with Crippen LogP contribution in [0.25, 0.3) is 21.3 Å². The number of nitrogens with zero attached hydrogens (tertiary/aromatic N) is 1. The minimum atomic E-state index is -0.181. The van der Waals surface area contributed by atoms with Gasteiger partial charge in [-0.3, -0.25) is 14.9 Å². The van der Waals surface area contributed by atoms with Gasteiger partial charge in [0.25, 0.3) is 11.8 Å². The van der Waals surface area contributed by atoms with Crippen LogP contribution >= 0.6 is 22.7 Å². The lowest BCUT2D eigenvalue weighted by molar-refractivity contribution is -0.118. The van der Waals surface area contributed by atoms with Crippen LogP contribution in [-0.2, 0) is 4.79 Å². The van der Waals surface area contributed by atoms with Gasteiger partial charge in [-0.05, 0) is 35.7 Å². The van der Waals surface area contributed by atoms with E-state index in [1.165, 1.54) is 22.7 Å². The maximum Gasteiger partial charge on any atom is 0.267 e. The molecule has 1 aliphatic heterocycles. The predicted octanol–water partition coefficient (Wildman–Crippen LogP) is 4.61. The van der Waals surface area contributed by atoms with Gasteiger partial charge in [0, 0.05) is 15.6 Å². The molecule has 2 amide bonds.